The Morgan fingerprint density at radius 1 is 1.19 bits per heavy atom. The van der Waals surface area contributed by atoms with E-state index in [-0.39, 0.29) is 11.6 Å². The molecule has 1 fully saturated rings. The van der Waals surface area contributed by atoms with Crippen molar-refractivity contribution in [2.45, 2.75) is 4.90 Å². The number of thioether (sulfide) groups is 1. The molecule has 1 amide bonds. The van der Waals surface area contributed by atoms with Crippen molar-refractivity contribution >= 4 is 40.8 Å². The van der Waals surface area contributed by atoms with Crippen LogP contribution in [0.3, 0.4) is 0 Å². The Hall–Kier alpha value is -2.32. The van der Waals surface area contributed by atoms with Crippen molar-refractivity contribution in [3.63, 3.8) is 0 Å². The van der Waals surface area contributed by atoms with E-state index >= 15 is 0 Å². The van der Waals surface area contributed by atoms with Gasteiger partial charge in [-0.1, -0.05) is 23.7 Å². The summed E-state index contributed by atoms with van der Waals surface area (Å²) < 4.78 is 0. The molecule has 0 N–H and O–H groups in total. The zero-order chi connectivity index (χ0) is 18.5. The van der Waals surface area contributed by atoms with Gasteiger partial charge in [-0.25, -0.2) is 4.98 Å². The second kappa shape index (κ2) is 8.37. The second-order valence-corrected chi connectivity index (χ2v) is 7.14. The van der Waals surface area contributed by atoms with Gasteiger partial charge in [-0.3, -0.25) is 14.9 Å². The first-order valence-electron chi connectivity index (χ1n) is 8.05. The maximum Gasteiger partial charge on any atom is 0.287 e. The van der Waals surface area contributed by atoms with E-state index in [0.717, 1.165) is 4.90 Å². The van der Waals surface area contributed by atoms with Crippen LogP contribution in [0.2, 0.25) is 5.02 Å². The highest BCUT2D eigenvalue weighted by Crippen LogP contribution is 2.27. The van der Waals surface area contributed by atoms with E-state index in [1.165, 1.54) is 24.0 Å². The van der Waals surface area contributed by atoms with E-state index in [4.69, 9.17) is 11.6 Å². The number of nitrogens with zero attached hydrogens (tertiary/aromatic N) is 4. The molecule has 3 rings (SSSR count). The Labute approximate surface area is 160 Å². The van der Waals surface area contributed by atoms with Crippen LogP contribution >= 0.6 is 23.4 Å². The number of benzene rings is 1. The molecule has 0 bridgehead atoms. The van der Waals surface area contributed by atoms with Gasteiger partial charge in [0.25, 0.3) is 5.69 Å². The Morgan fingerprint density at radius 2 is 1.92 bits per heavy atom. The summed E-state index contributed by atoms with van der Waals surface area (Å²) in [5, 5.41) is 11.3. The summed E-state index contributed by atoms with van der Waals surface area (Å²) >= 11 is 7.55. The fourth-order valence-electron chi connectivity index (χ4n) is 2.65. The van der Waals surface area contributed by atoms with Crippen molar-refractivity contribution in [2.24, 2.45) is 0 Å². The van der Waals surface area contributed by atoms with Gasteiger partial charge >= 0.3 is 0 Å². The monoisotopic (exact) mass is 392 g/mol. The van der Waals surface area contributed by atoms with Gasteiger partial charge in [0.15, 0.2) is 0 Å². The van der Waals surface area contributed by atoms with Crippen molar-refractivity contribution in [3.05, 3.63) is 57.7 Å². The minimum absolute atomic E-state index is 0.0286. The third-order valence-electron chi connectivity index (χ3n) is 4.09. The molecule has 1 saturated heterocycles. The number of amides is 1. The molecule has 0 spiro atoms. The summed E-state index contributed by atoms with van der Waals surface area (Å²) in [6, 6.07) is 10.6. The third kappa shape index (κ3) is 4.44. The van der Waals surface area contributed by atoms with E-state index in [2.05, 4.69) is 4.98 Å². The lowest BCUT2D eigenvalue weighted by Gasteiger charge is -2.35. The van der Waals surface area contributed by atoms with Gasteiger partial charge < -0.3 is 9.80 Å². The highest BCUT2D eigenvalue weighted by molar-refractivity contribution is 8.00. The SMILES string of the molecule is O=C(CSc1ccccc1Cl)N1CCN(c2ccc([N+](=O)[O-])cn2)CC1. The predicted octanol–water partition coefficient (Wildman–Crippen LogP) is 3.08. The molecule has 0 aliphatic carbocycles. The lowest BCUT2D eigenvalue weighted by Crippen LogP contribution is -2.49. The van der Waals surface area contributed by atoms with Gasteiger partial charge in [-0.2, -0.15) is 0 Å². The van der Waals surface area contributed by atoms with Crippen LogP contribution in [0.5, 0.6) is 0 Å². The molecule has 2 heterocycles. The quantitative estimate of drug-likeness (QED) is 0.442. The standard InChI is InChI=1S/C17H17ClN4O3S/c18-14-3-1-2-4-15(14)26-12-17(23)21-9-7-20(8-10-21)16-6-5-13(11-19-16)22(24)25/h1-6,11H,7-10,12H2. The van der Waals surface area contributed by atoms with Crippen LogP contribution in [-0.2, 0) is 4.79 Å². The van der Waals surface area contributed by atoms with Crippen LogP contribution in [0.4, 0.5) is 11.5 Å². The van der Waals surface area contributed by atoms with Gasteiger partial charge in [0.2, 0.25) is 5.91 Å². The summed E-state index contributed by atoms with van der Waals surface area (Å²) in [5.74, 6) is 1.11. The Kier molecular flexibility index (Phi) is 5.95. The predicted molar refractivity (Wildman–Crippen MR) is 102 cm³/mol. The van der Waals surface area contributed by atoms with Crippen LogP contribution in [0, 0.1) is 10.1 Å². The smallest absolute Gasteiger partial charge is 0.287 e. The molecule has 0 unspecified atom stereocenters. The first-order chi connectivity index (χ1) is 12.5. The Bertz CT molecular complexity index is 795. The van der Waals surface area contributed by atoms with Crippen LogP contribution in [0.1, 0.15) is 0 Å². The van der Waals surface area contributed by atoms with E-state index in [1.807, 2.05) is 34.1 Å². The number of aromatic nitrogens is 1. The zero-order valence-corrected chi connectivity index (χ0v) is 15.4. The molecule has 1 aliphatic heterocycles. The molecule has 2 aromatic rings. The normalized spacial score (nSPS) is 14.3. The Balaban J connectivity index is 1.50. The Morgan fingerprint density at radius 3 is 2.54 bits per heavy atom. The first kappa shape index (κ1) is 18.5. The number of nitro groups is 1. The summed E-state index contributed by atoms with van der Waals surface area (Å²) in [6.45, 7) is 2.49. The van der Waals surface area contributed by atoms with Crippen molar-refractivity contribution in [3.8, 4) is 0 Å². The van der Waals surface area contributed by atoms with Crippen LogP contribution in [0.15, 0.2) is 47.5 Å². The van der Waals surface area contributed by atoms with Crippen molar-refractivity contribution < 1.29 is 9.72 Å². The topological polar surface area (TPSA) is 79.6 Å². The van der Waals surface area contributed by atoms with E-state index in [9.17, 15) is 14.9 Å². The van der Waals surface area contributed by atoms with Crippen molar-refractivity contribution in [1.29, 1.82) is 0 Å². The van der Waals surface area contributed by atoms with Crippen molar-refractivity contribution in [1.82, 2.24) is 9.88 Å². The molecule has 26 heavy (non-hydrogen) atoms. The molecular weight excluding hydrogens is 376 g/mol. The summed E-state index contributed by atoms with van der Waals surface area (Å²) in [5.41, 5.74) is -0.0286. The average Bonchev–Trinajstić information content (AvgIpc) is 2.67. The van der Waals surface area contributed by atoms with E-state index < -0.39 is 4.92 Å². The molecule has 7 nitrogen and oxygen atoms in total. The third-order valence-corrected chi connectivity index (χ3v) is 5.59. The highest BCUT2D eigenvalue weighted by atomic mass is 35.5. The number of anilines is 1. The molecule has 0 saturated carbocycles. The summed E-state index contributed by atoms with van der Waals surface area (Å²) in [4.78, 5) is 31.5. The average molecular weight is 393 g/mol. The van der Waals surface area contributed by atoms with Gasteiger partial charge in [-0.05, 0) is 18.2 Å². The molecule has 0 atom stereocenters. The number of carbonyl (C=O) groups excluding carboxylic acids is 1. The minimum Gasteiger partial charge on any atom is -0.353 e. The summed E-state index contributed by atoms with van der Waals surface area (Å²) in [7, 11) is 0. The number of pyridine rings is 1. The van der Waals surface area contributed by atoms with Gasteiger partial charge in [0, 0.05) is 37.1 Å². The number of carbonyl (C=O) groups is 1. The van der Waals surface area contributed by atoms with Crippen LogP contribution in [0.25, 0.3) is 0 Å². The number of hydrogen-bond donors (Lipinski definition) is 0. The van der Waals surface area contributed by atoms with E-state index in [0.29, 0.717) is 42.8 Å². The van der Waals surface area contributed by atoms with Crippen molar-refractivity contribution in [2.75, 3.05) is 36.8 Å². The van der Waals surface area contributed by atoms with E-state index in [1.54, 1.807) is 6.07 Å². The van der Waals surface area contributed by atoms with Crippen LogP contribution in [-0.4, -0.2) is 52.6 Å². The first-order valence-corrected chi connectivity index (χ1v) is 9.41. The van der Waals surface area contributed by atoms with Gasteiger partial charge in [0.1, 0.15) is 12.0 Å². The maximum atomic E-state index is 12.4. The lowest BCUT2D eigenvalue weighted by molar-refractivity contribution is -0.385. The van der Waals surface area contributed by atoms with Gasteiger partial charge in [-0.15, -0.1) is 11.8 Å². The minimum atomic E-state index is -0.468. The fraction of sp³-hybridized carbons (Fsp3) is 0.294. The lowest BCUT2D eigenvalue weighted by atomic mass is 10.3. The number of piperazine rings is 1. The number of rotatable bonds is 5. The second-order valence-electron chi connectivity index (χ2n) is 5.72. The maximum absolute atomic E-state index is 12.4. The molecule has 1 aromatic carbocycles. The summed E-state index contributed by atoms with van der Waals surface area (Å²) in [6.07, 6.45) is 1.26. The molecule has 0 radical (unpaired) electrons. The fourth-order valence-corrected chi connectivity index (χ4v) is 3.79. The molecular formula is C17H17ClN4O3S. The molecule has 9 heteroatoms. The zero-order valence-electron chi connectivity index (χ0n) is 13.9. The number of halogens is 1. The van der Waals surface area contributed by atoms with Gasteiger partial charge in [0.05, 0.1) is 15.7 Å². The number of hydrogen-bond acceptors (Lipinski definition) is 6. The molecule has 136 valence electrons. The largest absolute Gasteiger partial charge is 0.353 e. The molecule has 1 aromatic heterocycles. The van der Waals surface area contributed by atoms with Crippen LogP contribution < -0.4 is 4.90 Å². The highest BCUT2D eigenvalue weighted by Gasteiger charge is 2.22. The molecule has 1 aliphatic rings.